The lowest BCUT2D eigenvalue weighted by molar-refractivity contribution is 0.239. The average molecular weight is 461 g/mol. The van der Waals surface area contributed by atoms with Crippen LogP contribution in [-0.2, 0) is 6.42 Å². The van der Waals surface area contributed by atoms with Gasteiger partial charge in [-0.2, -0.15) is 0 Å². The number of aryl methyl sites for hydroxylation is 1. The molecule has 2 unspecified atom stereocenters. The van der Waals surface area contributed by atoms with E-state index in [9.17, 15) is 0 Å². The maximum atomic E-state index is 2.63. The van der Waals surface area contributed by atoms with Crippen molar-refractivity contribution in [3.63, 3.8) is 0 Å². The van der Waals surface area contributed by atoms with Gasteiger partial charge in [0.25, 0.3) is 0 Å². The minimum absolute atomic E-state index is 0.799. The van der Waals surface area contributed by atoms with Crippen LogP contribution in [0.25, 0.3) is 0 Å². The topological polar surface area (TPSA) is 0 Å². The van der Waals surface area contributed by atoms with Gasteiger partial charge in [0.1, 0.15) is 0 Å². The Bertz CT molecular complexity index is 737. The number of allylic oxidation sites excluding steroid dienone is 4. The molecule has 34 heavy (non-hydrogen) atoms. The van der Waals surface area contributed by atoms with Gasteiger partial charge in [0.15, 0.2) is 0 Å². The van der Waals surface area contributed by atoms with Crippen LogP contribution in [0, 0.1) is 29.6 Å². The smallest absolute Gasteiger partial charge is 0.0162 e. The molecular formula is C34H52. The highest BCUT2D eigenvalue weighted by molar-refractivity contribution is 5.26. The molecule has 0 radical (unpaired) electrons. The summed E-state index contributed by atoms with van der Waals surface area (Å²) in [5, 5.41) is 0. The van der Waals surface area contributed by atoms with Gasteiger partial charge in [0, 0.05) is 0 Å². The number of unbranched alkanes of at least 4 members (excludes halogenated alkanes) is 2. The molecule has 0 amide bonds. The molecule has 4 rings (SSSR count). The van der Waals surface area contributed by atoms with Gasteiger partial charge >= 0.3 is 0 Å². The highest BCUT2D eigenvalue weighted by Crippen LogP contribution is 2.42. The van der Waals surface area contributed by atoms with E-state index in [0.717, 1.165) is 35.5 Å². The molecule has 3 aliphatic carbocycles. The Kier molecular flexibility index (Phi) is 10.4. The molecule has 0 aliphatic heterocycles. The number of hydrogen-bond donors (Lipinski definition) is 0. The average Bonchev–Trinajstić information content (AvgIpc) is 2.89. The summed E-state index contributed by atoms with van der Waals surface area (Å²) in [6.45, 7) is 4.72. The monoisotopic (exact) mass is 460 g/mol. The summed E-state index contributed by atoms with van der Waals surface area (Å²) in [5.41, 5.74) is 3.12. The molecule has 2 saturated carbocycles. The van der Waals surface area contributed by atoms with E-state index in [4.69, 9.17) is 0 Å². The van der Waals surface area contributed by atoms with Crippen LogP contribution in [0.4, 0.5) is 0 Å². The van der Waals surface area contributed by atoms with Crippen molar-refractivity contribution in [1.82, 2.24) is 0 Å². The third kappa shape index (κ3) is 7.86. The van der Waals surface area contributed by atoms with Gasteiger partial charge in [0.05, 0.1) is 0 Å². The lowest BCUT2D eigenvalue weighted by Crippen LogP contribution is -2.22. The van der Waals surface area contributed by atoms with E-state index in [2.05, 4.69) is 62.4 Å². The van der Waals surface area contributed by atoms with Crippen molar-refractivity contribution < 1.29 is 0 Å². The van der Waals surface area contributed by atoms with Crippen LogP contribution in [0.5, 0.6) is 0 Å². The van der Waals surface area contributed by atoms with Crippen LogP contribution in [0.1, 0.15) is 127 Å². The summed E-state index contributed by atoms with van der Waals surface area (Å²) in [4.78, 5) is 0. The summed E-state index contributed by atoms with van der Waals surface area (Å²) < 4.78 is 0. The summed E-state index contributed by atoms with van der Waals surface area (Å²) in [6.07, 6.45) is 32.5. The van der Waals surface area contributed by atoms with Gasteiger partial charge in [-0.15, -0.1) is 0 Å². The molecule has 0 spiro atoms. The van der Waals surface area contributed by atoms with E-state index in [1.807, 2.05) is 0 Å². The van der Waals surface area contributed by atoms with Crippen molar-refractivity contribution in [1.29, 1.82) is 0 Å². The molecule has 2 atom stereocenters. The summed E-state index contributed by atoms with van der Waals surface area (Å²) >= 11 is 0. The predicted octanol–water partition coefficient (Wildman–Crippen LogP) is 10.4. The first-order valence-electron chi connectivity index (χ1n) is 15.1. The van der Waals surface area contributed by atoms with Gasteiger partial charge < -0.3 is 0 Å². The Morgan fingerprint density at radius 3 is 2.24 bits per heavy atom. The molecule has 3 aliphatic rings. The van der Waals surface area contributed by atoms with Crippen molar-refractivity contribution in [2.24, 2.45) is 29.6 Å². The quantitative estimate of drug-likeness (QED) is 0.240. The van der Waals surface area contributed by atoms with Gasteiger partial charge in [-0.25, -0.2) is 0 Å². The fourth-order valence-corrected chi connectivity index (χ4v) is 7.04. The molecular weight excluding hydrogens is 408 g/mol. The molecule has 0 bridgehead atoms. The first kappa shape index (κ1) is 25.8. The summed E-state index contributed by atoms with van der Waals surface area (Å²) in [7, 11) is 0. The zero-order chi connectivity index (χ0) is 23.6. The fraction of sp³-hybridized carbons (Fsp3) is 0.706. The van der Waals surface area contributed by atoms with Crippen LogP contribution in [0.3, 0.4) is 0 Å². The van der Waals surface area contributed by atoms with Crippen LogP contribution < -0.4 is 0 Å². The van der Waals surface area contributed by atoms with Crippen molar-refractivity contribution in [2.75, 3.05) is 0 Å². The van der Waals surface area contributed by atoms with E-state index < -0.39 is 0 Å². The predicted molar refractivity (Wildman–Crippen MR) is 149 cm³/mol. The molecule has 0 aromatic heterocycles. The Morgan fingerprint density at radius 2 is 1.56 bits per heavy atom. The Balaban J connectivity index is 1.15. The molecule has 2 fully saturated rings. The second-order valence-electron chi connectivity index (χ2n) is 12.2. The first-order chi connectivity index (χ1) is 16.7. The van der Waals surface area contributed by atoms with Crippen LogP contribution in [0.15, 0.2) is 48.6 Å². The van der Waals surface area contributed by atoms with Crippen LogP contribution >= 0.6 is 0 Å². The third-order valence-electron chi connectivity index (χ3n) is 9.58. The van der Waals surface area contributed by atoms with Crippen molar-refractivity contribution in [2.45, 2.75) is 122 Å². The van der Waals surface area contributed by atoms with Crippen LogP contribution in [-0.4, -0.2) is 0 Å². The van der Waals surface area contributed by atoms with E-state index >= 15 is 0 Å². The van der Waals surface area contributed by atoms with Crippen molar-refractivity contribution >= 4 is 0 Å². The molecule has 1 aromatic rings. The summed E-state index contributed by atoms with van der Waals surface area (Å²) in [5.74, 6) is 5.30. The maximum Gasteiger partial charge on any atom is -0.0162 e. The van der Waals surface area contributed by atoms with E-state index in [1.165, 1.54) is 108 Å². The molecule has 0 heteroatoms. The summed E-state index contributed by atoms with van der Waals surface area (Å²) in [6, 6.07) is 9.74. The molecule has 1 aromatic carbocycles. The molecule has 0 nitrogen and oxygen atoms in total. The molecule has 0 saturated heterocycles. The lowest BCUT2D eigenvalue weighted by atomic mass is 9.70. The maximum absolute atomic E-state index is 2.63. The van der Waals surface area contributed by atoms with Crippen molar-refractivity contribution in [3.05, 3.63) is 59.7 Å². The largest absolute Gasteiger partial charge is 0.0879 e. The number of hydrogen-bond acceptors (Lipinski definition) is 0. The van der Waals surface area contributed by atoms with E-state index in [-0.39, 0.29) is 0 Å². The Labute approximate surface area is 211 Å². The standard InChI is InChI=1S/C34H52/c1-3-4-5-8-29-15-19-31(20-16-29)33-23-25-34(26-24-33)32-21-17-30(18-22-32)10-7-6-9-28-13-11-27(2)12-14-28/h6,9,15,17-19,21-22,27-29,31,33-34H,3-5,7-8,10-14,16,20,23-26H2,1-2H3/b9-6+. The zero-order valence-corrected chi connectivity index (χ0v) is 22.4. The lowest BCUT2D eigenvalue weighted by Gasteiger charge is -2.35. The zero-order valence-electron chi connectivity index (χ0n) is 22.4. The van der Waals surface area contributed by atoms with Crippen LogP contribution in [0.2, 0.25) is 0 Å². The number of benzene rings is 1. The minimum atomic E-state index is 0.799. The highest BCUT2D eigenvalue weighted by Gasteiger charge is 2.28. The first-order valence-corrected chi connectivity index (χ1v) is 15.1. The van der Waals surface area contributed by atoms with Gasteiger partial charge in [-0.1, -0.05) is 94.5 Å². The fourth-order valence-electron chi connectivity index (χ4n) is 7.04. The Hall–Kier alpha value is -1.30. The Morgan fingerprint density at radius 1 is 0.794 bits per heavy atom. The second kappa shape index (κ2) is 13.7. The van der Waals surface area contributed by atoms with Gasteiger partial charge in [-0.05, 0) is 117 Å². The molecule has 0 N–H and O–H groups in total. The minimum Gasteiger partial charge on any atom is -0.0879 e. The second-order valence-corrected chi connectivity index (χ2v) is 12.2. The molecule has 0 heterocycles. The molecule has 188 valence electrons. The number of rotatable bonds is 10. The van der Waals surface area contributed by atoms with E-state index in [1.54, 1.807) is 5.56 Å². The normalized spacial score (nSPS) is 32.3. The SMILES string of the molecule is CCCCCC1C=CC(C2CCC(c3ccc(CC/C=C/C4CCC(C)CC4)cc3)CC2)CC1. The van der Waals surface area contributed by atoms with Crippen molar-refractivity contribution in [3.8, 4) is 0 Å². The van der Waals surface area contributed by atoms with E-state index in [0.29, 0.717) is 0 Å². The van der Waals surface area contributed by atoms with Gasteiger partial charge in [0.2, 0.25) is 0 Å². The third-order valence-corrected chi connectivity index (χ3v) is 9.58. The van der Waals surface area contributed by atoms with Gasteiger partial charge in [-0.3, -0.25) is 0 Å². The highest BCUT2D eigenvalue weighted by atomic mass is 14.3.